The molecular weight excluding hydrogens is 230 g/mol. The quantitative estimate of drug-likeness (QED) is 0.873. The average molecular weight is 239 g/mol. The standard InChI is InChI=1S/C10H9NO2S2/c11-9-6-7-10(14-9)15(12,13)8-4-2-1-3-5-8/h1-7H,11H2. The summed E-state index contributed by atoms with van der Waals surface area (Å²) in [6, 6.07) is 11.5. The molecule has 0 bridgehead atoms. The fourth-order valence-corrected chi connectivity index (χ4v) is 3.71. The van der Waals surface area contributed by atoms with Crippen LogP contribution in [0.5, 0.6) is 0 Å². The number of hydrogen-bond acceptors (Lipinski definition) is 4. The second-order valence-corrected chi connectivity index (χ2v) is 6.27. The largest absolute Gasteiger partial charge is 0.391 e. The van der Waals surface area contributed by atoms with Crippen molar-refractivity contribution in [1.29, 1.82) is 0 Å². The highest BCUT2D eigenvalue weighted by Crippen LogP contribution is 2.28. The molecule has 5 heteroatoms. The van der Waals surface area contributed by atoms with E-state index >= 15 is 0 Å². The van der Waals surface area contributed by atoms with E-state index in [0.29, 0.717) is 9.90 Å². The zero-order valence-electron chi connectivity index (χ0n) is 7.75. The Morgan fingerprint density at radius 2 is 1.67 bits per heavy atom. The summed E-state index contributed by atoms with van der Waals surface area (Å²) in [5.41, 5.74) is 5.51. The molecule has 78 valence electrons. The highest BCUT2D eigenvalue weighted by atomic mass is 32.2. The van der Waals surface area contributed by atoms with Crippen LogP contribution < -0.4 is 5.73 Å². The van der Waals surface area contributed by atoms with E-state index < -0.39 is 9.84 Å². The third kappa shape index (κ3) is 1.88. The number of thiophene rings is 1. The zero-order chi connectivity index (χ0) is 10.9. The lowest BCUT2D eigenvalue weighted by Gasteiger charge is -1.99. The lowest BCUT2D eigenvalue weighted by molar-refractivity contribution is 0.598. The summed E-state index contributed by atoms with van der Waals surface area (Å²) in [6.45, 7) is 0. The fraction of sp³-hybridized carbons (Fsp3) is 0. The van der Waals surface area contributed by atoms with Crippen molar-refractivity contribution in [2.45, 2.75) is 9.10 Å². The molecule has 0 fully saturated rings. The molecule has 2 aromatic rings. The van der Waals surface area contributed by atoms with Crippen LogP contribution in [0.15, 0.2) is 51.6 Å². The van der Waals surface area contributed by atoms with Crippen LogP contribution in [0.4, 0.5) is 5.00 Å². The Kier molecular flexibility index (Phi) is 2.50. The van der Waals surface area contributed by atoms with Crippen molar-refractivity contribution in [3.63, 3.8) is 0 Å². The number of hydrogen-bond donors (Lipinski definition) is 1. The Hall–Kier alpha value is -1.33. The molecule has 0 saturated carbocycles. The number of anilines is 1. The summed E-state index contributed by atoms with van der Waals surface area (Å²) >= 11 is 1.08. The highest BCUT2D eigenvalue weighted by Gasteiger charge is 2.18. The van der Waals surface area contributed by atoms with Crippen LogP contribution in [0.25, 0.3) is 0 Å². The van der Waals surface area contributed by atoms with Crippen molar-refractivity contribution in [3.8, 4) is 0 Å². The predicted molar refractivity (Wildman–Crippen MR) is 60.6 cm³/mol. The van der Waals surface area contributed by atoms with Gasteiger partial charge in [-0.3, -0.25) is 0 Å². The molecule has 2 N–H and O–H groups in total. The number of rotatable bonds is 2. The van der Waals surface area contributed by atoms with Gasteiger partial charge in [-0.15, -0.1) is 11.3 Å². The van der Waals surface area contributed by atoms with E-state index in [1.807, 2.05) is 0 Å². The van der Waals surface area contributed by atoms with Crippen molar-refractivity contribution in [3.05, 3.63) is 42.5 Å². The monoisotopic (exact) mass is 239 g/mol. The van der Waals surface area contributed by atoms with E-state index in [-0.39, 0.29) is 4.21 Å². The summed E-state index contributed by atoms with van der Waals surface area (Å²) in [7, 11) is -3.38. The van der Waals surface area contributed by atoms with Crippen molar-refractivity contribution in [2.24, 2.45) is 0 Å². The molecule has 3 nitrogen and oxygen atoms in total. The molecule has 2 rings (SSSR count). The molecule has 0 aliphatic heterocycles. The lowest BCUT2D eigenvalue weighted by atomic mass is 10.4. The van der Waals surface area contributed by atoms with Crippen LogP contribution in [0.2, 0.25) is 0 Å². The molecule has 15 heavy (non-hydrogen) atoms. The van der Waals surface area contributed by atoms with Gasteiger partial charge in [-0.2, -0.15) is 0 Å². The number of benzene rings is 1. The minimum atomic E-state index is -3.38. The Morgan fingerprint density at radius 3 is 2.20 bits per heavy atom. The molecule has 1 aromatic carbocycles. The van der Waals surface area contributed by atoms with Crippen molar-refractivity contribution < 1.29 is 8.42 Å². The van der Waals surface area contributed by atoms with Gasteiger partial charge in [-0.05, 0) is 24.3 Å². The molecule has 1 heterocycles. The lowest BCUT2D eigenvalue weighted by Crippen LogP contribution is -1.98. The summed E-state index contributed by atoms with van der Waals surface area (Å²) in [4.78, 5) is 0.298. The van der Waals surface area contributed by atoms with Gasteiger partial charge in [0.05, 0.1) is 9.90 Å². The van der Waals surface area contributed by atoms with Crippen LogP contribution in [0, 0.1) is 0 Å². The molecule has 0 unspecified atom stereocenters. The molecular formula is C10H9NO2S2. The van der Waals surface area contributed by atoms with Crippen LogP contribution in [-0.2, 0) is 9.84 Å². The molecule has 1 aromatic heterocycles. The fourth-order valence-electron chi connectivity index (χ4n) is 1.19. The Balaban J connectivity index is 2.54. The molecule has 0 saturated heterocycles. The SMILES string of the molecule is Nc1ccc(S(=O)(=O)c2ccccc2)s1. The summed E-state index contributed by atoms with van der Waals surface area (Å²) in [5.74, 6) is 0. The zero-order valence-corrected chi connectivity index (χ0v) is 9.38. The van der Waals surface area contributed by atoms with Gasteiger partial charge in [0.15, 0.2) is 0 Å². The number of nitrogens with two attached hydrogens (primary N) is 1. The molecule has 0 radical (unpaired) electrons. The second-order valence-electron chi connectivity index (χ2n) is 2.97. The summed E-state index contributed by atoms with van der Waals surface area (Å²) in [6.07, 6.45) is 0. The van der Waals surface area contributed by atoms with Gasteiger partial charge in [0.25, 0.3) is 0 Å². The first-order chi connectivity index (χ1) is 7.10. The van der Waals surface area contributed by atoms with Crippen molar-refractivity contribution in [1.82, 2.24) is 0 Å². The predicted octanol–water partition coefficient (Wildman–Crippen LogP) is 2.16. The number of nitrogen functional groups attached to an aromatic ring is 1. The second kappa shape index (κ2) is 3.67. The first kappa shape index (κ1) is 10.2. The van der Waals surface area contributed by atoms with Crippen LogP contribution in [0.1, 0.15) is 0 Å². The van der Waals surface area contributed by atoms with Gasteiger partial charge in [0, 0.05) is 0 Å². The Bertz CT molecular complexity index is 558. The first-order valence-electron chi connectivity index (χ1n) is 4.26. The topological polar surface area (TPSA) is 60.2 Å². The normalized spacial score (nSPS) is 11.5. The Morgan fingerprint density at radius 1 is 1.00 bits per heavy atom. The average Bonchev–Trinajstić information content (AvgIpc) is 2.67. The minimum absolute atomic E-state index is 0.284. The van der Waals surface area contributed by atoms with Gasteiger partial charge in [0.1, 0.15) is 4.21 Å². The Labute approximate surface area is 92.1 Å². The van der Waals surface area contributed by atoms with Gasteiger partial charge in [-0.1, -0.05) is 18.2 Å². The van der Waals surface area contributed by atoms with E-state index in [9.17, 15) is 8.42 Å². The maximum atomic E-state index is 12.0. The van der Waals surface area contributed by atoms with Crippen molar-refractivity contribution >= 4 is 26.2 Å². The minimum Gasteiger partial charge on any atom is -0.391 e. The number of sulfone groups is 1. The van der Waals surface area contributed by atoms with Gasteiger partial charge < -0.3 is 5.73 Å². The molecule has 0 aliphatic carbocycles. The van der Waals surface area contributed by atoms with Gasteiger partial charge in [0.2, 0.25) is 9.84 Å². The van der Waals surface area contributed by atoms with E-state index in [1.165, 1.54) is 6.07 Å². The van der Waals surface area contributed by atoms with E-state index in [0.717, 1.165) is 11.3 Å². The molecule has 0 aliphatic rings. The summed E-state index contributed by atoms with van der Waals surface area (Å²) < 4.78 is 24.3. The van der Waals surface area contributed by atoms with E-state index in [1.54, 1.807) is 36.4 Å². The molecule has 0 spiro atoms. The smallest absolute Gasteiger partial charge is 0.216 e. The maximum Gasteiger partial charge on any atom is 0.216 e. The van der Waals surface area contributed by atoms with Crippen LogP contribution >= 0.6 is 11.3 Å². The molecule has 0 amide bonds. The van der Waals surface area contributed by atoms with Crippen LogP contribution in [0.3, 0.4) is 0 Å². The third-order valence-corrected chi connectivity index (χ3v) is 5.10. The van der Waals surface area contributed by atoms with E-state index in [4.69, 9.17) is 5.73 Å². The first-order valence-corrected chi connectivity index (χ1v) is 6.56. The summed E-state index contributed by atoms with van der Waals surface area (Å²) in [5, 5.41) is 0.504. The van der Waals surface area contributed by atoms with Crippen molar-refractivity contribution in [2.75, 3.05) is 5.73 Å². The van der Waals surface area contributed by atoms with Crippen LogP contribution in [-0.4, -0.2) is 8.42 Å². The maximum absolute atomic E-state index is 12.0. The third-order valence-electron chi connectivity index (χ3n) is 1.92. The highest BCUT2D eigenvalue weighted by molar-refractivity contribution is 7.93. The molecule has 0 atom stereocenters. The van der Waals surface area contributed by atoms with Gasteiger partial charge >= 0.3 is 0 Å². The van der Waals surface area contributed by atoms with E-state index in [2.05, 4.69) is 0 Å². The van der Waals surface area contributed by atoms with Gasteiger partial charge in [-0.25, -0.2) is 8.42 Å².